The van der Waals surface area contributed by atoms with Crippen molar-refractivity contribution in [3.8, 4) is 11.4 Å². The molecule has 0 atom stereocenters. The van der Waals surface area contributed by atoms with Gasteiger partial charge in [-0.15, -0.1) is 0 Å². The lowest BCUT2D eigenvalue weighted by Crippen LogP contribution is -1.98. The van der Waals surface area contributed by atoms with E-state index in [2.05, 4.69) is 14.7 Å². The second kappa shape index (κ2) is 3.30. The fraction of sp³-hybridized carbons (Fsp3) is 0. The molecule has 16 heavy (non-hydrogen) atoms. The molecule has 0 bridgehead atoms. The van der Waals surface area contributed by atoms with Gasteiger partial charge in [0.05, 0.1) is 0 Å². The van der Waals surface area contributed by atoms with E-state index in [0.717, 1.165) is 5.39 Å². The third-order valence-corrected chi connectivity index (χ3v) is 2.25. The Morgan fingerprint density at radius 1 is 1.19 bits per heavy atom. The highest BCUT2D eigenvalue weighted by Crippen LogP contribution is 2.23. The first-order chi connectivity index (χ1) is 7.84. The molecule has 5 heteroatoms. The van der Waals surface area contributed by atoms with E-state index in [4.69, 9.17) is 4.42 Å². The summed E-state index contributed by atoms with van der Waals surface area (Å²) in [5.74, 6) is 0.379. The third-order valence-electron chi connectivity index (χ3n) is 2.25. The molecule has 0 aliphatic rings. The van der Waals surface area contributed by atoms with Crippen LogP contribution < -0.4 is 5.63 Å². The van der Waals surface area contributed by atoms with E-state index in [1.165, 1.54) is 12.5 Å². The number of benzene rings is 1. The maximum atomic E-state index is 11.3. The number of hydrogen-bond acceptors (Lipinski definition) is 5. The Balaban J connectivity index is 2.44. The van der Waals surface area contributed by atoms with Gasteiger partial charge in [0.1, 0.15) is 5.58 Å². The van der Waals surface area contributed by atoms with Crippen molar-refractivity contribution in [2.75, 3.05) is 0 Å². The molecule has 2 heterocycles. The van der Waals surface area contributed by atoms with Crippen molar-refractivity contribution >= 4 is 11.0 Å². The molecular formula is C11H6N2O3. The first kappa shape index (κ1) is 8.84. The summed E-state index contributed by atoms with van der Waals surface area (Å²) >= 11 is 0. The predicted molar refractivity (Wildman–Crippen MR) is 55.8 cm³/mol. The average molecular weight is 214 g/mol. The summed E-state index contributed by atoms with van der Waals surface area (Å²) in [6.45, 7) is 0. The Morgan fingerprint density at radius 3 is 2.88 bits per heavy atom. The van der Waals surface area contributed by atoms with Crippen molar-refractivity contribution < 1.29 is 8.94 Å². The Kier molecular flexibility index (Phi) is 1.83. The fourth-order valence-corrected chi connectivity index (χ4v) is 1.59. The highest BCUT2D eigenvalue weighted by atomic mass is 16.5. The third kappa shape index (κ3) is 1.30. The Hall–Kier alpha value is -2.43. The van der Waals surface area contributed by atoms with Crippen molar-refractivity contribution in [3.63, 3.8) is 0 Å². The van der Waals surface area contributed by atoms with Crippen LogP contribution in [0.15, 0.2) is 50.5 Å². The van der Waals surface area contributed by atoms with Crippen molar-refractivity contribution in [3.05, 3.63) is 47.1 Å². The fourth-order valence-electron chi connectivity index (χ4n) is 1.59. The number of aromatic nitrogens is 2. The van der Waals surface area contributed by atoms with Gasteiger partial charge in [0.2, 0.25) is 12.2 Å². The van der Waals surface area contributed by atoms with Crippen molar-refractivity contribution in [2.45, 2.75) is 0 Å². The molecule has 1 aromatic carbocycles. The minimum atomic E-state index is -0.432. The lowest BCUT2D eigenvalue weighted by Gasteiger charge is -1.99. The smallest absolute Gasteiger partial charge is 0.336 e. The molecule has 78 valence electrons. The van der Waals surface area contributed by atoms with E-state index in [1.54, 1.807) is 12.1 Å². The van der Waals surface area contributed by atoms with Gasteiger partial charge in [0.25, 0.3) is 0 Å². The van der Waals surface area contributed by atoms with E-state index < -0.39 is 5.63 Å². The zero-order chi connectivity index (χ0) is 11.0. The molecule has 0 fully saturated rings. The van der Waals surface area contributed by atoms with E-state index >= 15 is 0 Å². The molecule has 5 nitrogen and oxygen atoms in total. The molecule has 0 amide bonds. The summed E-state index contributed by atoms with van der Waals surface area (Å²) in [5.41, 5.74) is 0.689. The van der Waals surface area contributed by atoms with Crippen molar-refractivity contribution in [1.82, 2.24) is 10.1 Å². The molecule has 0 unspecified atom stereocenters. The standard InChI is InChI=1S/C11H6N2O3/c14-10-5-8(11-12-6-15-13-11)7-3-1-2-4-9(7)16-10/h1-6H. The minimum absolute atomic E-state index is 0.379. The van der Waals surface area contributed by atoms with E-state index in [0.29, 0.717) is 17.0 Å². The average Bonchev–Trinajstić information content (AvgIpc) is 2.81. The van der Waals surface area contributed by atoms with Crippen LogP contribution in [0.3, 0.4) is 0 Å². The number of nitrogens with zero attached hydrogens (tertiary/aromatic N) is 2. The van der Waals surface area contributed by atoms with Gasteiger partial charge in [-0.1, -0.05) is 23.4 Å². The number of para-hydroxylation sites is 1. The Labute approximate surface area is 89.3 Å². The van der Waals surface area contributed by atoms with E-state index in [-0.39, 0.29) is 0 Å². The van der Waals surface area contributed by atoms with Gasteiger partial charge in [0.15, 0.2) is 0 Å². The molecule has 0 saturated carbocycles. The number of rotatable bonds is 1. The lowest BCUT2D eigenvalue weighted by atomic mass is 10.1. The van der Waals surface area contributed by atoms with Gasteiger partial charge in [0, 0.05) is 17.0 Å². The van der Waals surface area contributed by atoms with Gasteiger partial charge >= 0.3 is 5.63 Å². The molecule has 3 rings (SSSR count). The molecule has 0 saturated heterocycles. The summed E-state index contributed by atoms with van der Waals surface area (Å²) < 4.78 is 9.72. The summed E-state index contributed by atoms with van der Waals surface area (Å²) in [5, 5.41) is 4.49. The van der Waals surface area contributed by atoms with Crippen LogP contribution in [-0.2, 0) is 0 Å². The number of hydrogen-bond donors (Lipinski definition) is 0. The molecule has 3 aromatic rings. The molecule has 0 aliphatic heterocycles. The molecule has 0 radical (unpaired) electrons. The SMILES string of the molecule is O=c1cc(-c2ncon2)c2ccccc2o1. The first-order valence-corrected chi connectivity index (χ1v) is 4.64. The maximum absolute atomic E-state index is 11.3. The van der Waals surface area contributed by atoms with Crippen LogP contribution in [0.5, 0.6) is 0 Å². The van der Waals surface area contributed by atoms with Gasteiger partial charge in [-0.05, 0) is 6.07 Å². The van der Waals surface area contributed by atoms with Gasteiger partial charge < -0.3 is 8.94 Å². The largest absolute Gasteiger partial charge is 0.423 e. The number of fused-ring (bicyclic) bond motifs is 1. The predicted octanol–water partition coefficient (Wildman–Crippen LogP) is 1.84. The Morgan fingerprint density at radius 2 is 2.06 bits per heavy atom. The van der Waals surface area contributed by atoms with Crippen LogP contribution in [0.2, 0.25) is 0 Å². The summed E-state index contributed by atoms with van der Waals surface area (Å²) in [6, 6.07) is 8.56. The zero-order valence-corrected chi connectivity index (χ0v) is 8.08. The molecule has 2 aromatic heterocycles. The minimum Gasteiger partial charge on any atom is -0.423 e. The van der Waals surface area contributed by atoms with Crippen molar-refractivity contribution in [1.29, 1.82) is 0 Å². The monoisotopic (exact) mass is 214 g/mol. The van der Waals surface area contributed by atoms with Gasteiger partial charge in [-0.2, -0.15) is 4.98 Å². The quantitative estimate of drug-likeness (QED) is 0.578. The Bertz CT molecular complexity index is 686. The van der Waals surface area contributed by atoms with Crippen LogP contribution >= 0.6 is 0 Å². The summed E-state index contributed by atoms with van der Waals surface area (Å²) in [6.07, 6.45) is 1.22. The van der Waals surface area contributed by atoms with Crippen LogP contribution in [0.1, 0.15) is 0 Å². The highest BCUT2D eigenvalue weighted by molar-refractivity contribution is 5.90. The molecular weight excluding hydrogens is 208 g/mol. The maximum Gasteiger partial charge on any atom is 0.336 e. The van der Waals surface area contributed by atoms with Crippen LogP contribution in [-0.4, -0.2) is 10.1 Å². The van der Waals surface area contributed by atoms with Gasteiger partial charge in [-0.3, -0.25) is 0 Å². The topological polar surface area (TPSA) is 69.1 Å². The summed E-state index contributed by atoms with van der Waals surface area (Å²) in [4.78, 5) is 15.3. The summed E-state index contributed by atoms with van der Waals surface area (Å²) in [7, 11) is 0. The zero-order valence-electron chi connectivity index (χ0n) is 8.08. The molecule has 0 aliphatic carbocycles. The second-order valence-electron chi connectivity index (χ2n) is 3.23. The first-order valence-electron chi connectivity index (χ1n) is 4.64. The van der Waals surface area contributed by atoms with Crippen LogP contribution in [0.25, 0.3) is 22.4 Å². The van der Waals surface area contributed by atoms with E-state index in [9.17, 15) is 4.79 Å². The van der Waals surface area contributed by atoms with Crippen LogP contribution in [0, 0.1) is 0 Å². The van der Waals surface area contributed by atoms with E-state index in [1.807, 2.05) is 12.1 Å². The molecule has 0 N–H and O–H groups in total. The normalized spacial score (nSPS) is 10.8. The lowest BCUT2D eigenvalue weighted by molar-refractivity contribution is 0.418. The van der Waals surface area contributed by atoms with Crippen molar-refractivity contribution in [2.24, 2.45) is 0 Å². The van der Waals surface area contributed by atoms with Gasteiger partial charge in [-0.25, -0.2) is 4.79 Å². The van der Waals surface area contributed by atoms with Crippen LogP contribution in [0.4, 0.5) is 0 Å². The molecule has 0 spiro atoms. The highest BCUT2D eigenvalue weighted by Gasteiger charge is 2.10. The second-order valence-corrected chi connectivity index (χ2v) is 3.23.